The highest BCUT2D eigenvalue weighted by molar-refractivity contribution is 5.68. The highest BCUT2D eigenvalue weighted by Gasteiger charge is 2.38. The molecule has 5 atom stereocenters. The van der Waals surface area contributed by atoms with Gasteiger partial charge in [-0.2, -0.15) is 0 Å². The van der Waals surface area contributed by atoms with Crippen LogP contribution in [-0.4, -0.2) is 42.4 Å². The Morgan fingerprint density at radius 1 is 0.920 bits per heavy atom. The number of hydrogen-bond donors (Lipinski definition) is 3. The minimum atomic E-state index is -0.436. The van der Waals surface area contributed by atoms with Crippen LogP contribution in [0.1, 0.15) is 78.6 Å². The van der Waals surface area contributed by atoms with Crippen molar-refractivity contribution in [3.8, 4) is 0 Å². The third-order valence-electron chi connectivity index (χ3n) is 6.08. The molecular formula is C20H37N3O2. The fourth-order valence-electron chi connectivity index (χ4n) is 4.99. The molecule has 0 bridgehead atoms. The predicted octanol–water partition coefficient (Wildman–Crippen LogP) is 3.33. The molecule has 3 N–H and O–H groups in total. The molecular weight excluding hydrogens is 314 g/mol. The van der Waals surface area contributed by atoms with Crippen LogP contribution in [0.25, 0.3) is 0 Å². The summed E-state index contributed by atoms with van der Waals surface area (Å²) in [6, 6.07) is 1.88. The number of alkyl carbamates (subject to hydrolysis) is 1. The Hall–Kier alpha value is -0.810. The summed E-state index contributed by atoms with van der Waals surface area (Å²) in [6.45, 7) is 6.92. The van der Waals surface area contributed by atoms with Gasteiger partial charge in [-0.3, -0.25) is 0 Å². The summed E-state index contributed by atoms with van der Waals surface area (Å²) >= 11 is 0. The van der Waals surface area contributed by atoms with E-state index in [0.717, 1.165) is 18.8 Å². The van der Waals surface area contributed by atoms with Gasteiger partial charge in [0, 0.05) is 24.2 Å². The second-order valence-electron chi connectivity index (χ2n) is 9.21. The molecule has 1 amide bonds. The molecule has 3 rings (SSSR count). The van der Waals surface area contributed by atoms with Gasteiger partial charge >= 0.3 is 6.09 Å². The van der Waals surface area contributed by atoms with E-state index in [1.165, 1.54) is 51.5 Å². The van der Waals surface area contributed by atoms with E-state index in [1.807, 2.05) is 20.8 Å². The number of hydrogen-bond acceptors (Lipinski definition) is 4. The third kappa shape index (κ3) is 5.33. The number of carbonyl (C=O) groups excluding carboxylic acids is 1. The summed E-state index contributed by atoms with van der Waals surface area (Å²) in [6.07, 6.45) is 11.1. The molecule has 0 spiro atoms. The first kappa shape index (κ1) is 19.0. The Balaban J connectivity index is 1.52. The molecule has 0 aromatic carbocycles. The lowest BCUT2D eigenvalue weighted by Gasteiger charge is -2.35. The van der Waals surface area contributed by atoms with E-state index in [0.29, 0.717) is 18.1 Å². The largest absolute Gasteiger partial charge is 0.444 e. The number of ether oxygens (including phenoxy) is 1. The van der Waals surface area contributed by atoms with E-state index in [9.17, 15) is 4.79 Å². The number of nitrogens with one attached hydrogen (secondary N) is 3. The van der Waals surface area contributed by atoms with Crippen LogP contribution in [0.5, 0.6) is 0 Å². The fourth-order valence-corrected chi connectivity index (χ4v) is 4.99. The molecule has 3 aliphatic rings. The van der Waals surface area contributed by atoms with Crippen LogP contribution in [0, 0.1) is 5.92 Å². The van der Waals surface area contributed by atoms with Gasteiger partial charge in [-0.25, -0.2) is 4.79 Å². The van der Waals surface area contributed by atoms with E-state index in [-0.39, 0.29) is 12.1 Å². The Labute approximate surface area is 153 Å². The molecule has 5 unspecified atom stereocenters. The molecule has 1 saturated heterocycles. The van der Waals surface area contributed by atoms with E-state index < -0.39 is 5.60 Å². The minimum Gasteiger partial charge on any atom is -0.444 e. The van der Waals surface area contributed by atoms with Gasteiger partial charge in [0.05, 0.1) is 0 Å². The zero-order valence-corrected chi connectivity index (χ0v) is 16.3. The van der Waals surface area contributed by atoms with Gasteiger partial charge in [0.25, 0.3) is 0 Å². The van der Waals surface area contributed by atoms with Gasteiger partial charge in [-0.05, 0) is 78.2 Å². The molecule has 0 radical (unpaired) electrons. The topological polar surface area (TPSA) is 62.4 Å². The molecule has 5 heteroatoms. The van der Waals surface area contributed by atoms with Crippen molar-refractivity contribution in [2.24, 2.45) is 5.92 Å². The van der Waals surface area contributed by atoms with Crippen LogP contribution in [0.4, 0.5) is 4.79 Å². The molecule has 25 heavy (non-hydrogen) atoms. The summed E-state index contributed by atoms with van der Waals surface area (Å²) in [5.41, 5.74) is -0.436. The zero-order valence-electron chi connectivity index (χ0n) is 16.3. The van der Waals surface area contributed by atoms with Crippen LogP contribution in [0.3, 0.4) is 0 Å². The smallest absolute Gasteiger partial charge is 0.407 e. The molecule has 144 valence electrons. The SMILES string of the molecule is CC(C)(C)OC(=O)NC1CCCC1NC1CCCC1C1CCCCN1. The van der Waals surface area contributed by atoms with Crippen LogP contribution in [0.2, 0.25) is 0 Å². The molecule has 1 heterocycles. The first-order valence-electron chi connectivity index (χ1n) is 10.4. The molecule has 0 aromatic rings. The van der Waals surface area contributed by atoms with Crippen molar-refractivity contribution in [3.05, 3.63) is 0 Å². The Morgan fingerprint density at radius 3 is 2.36 bits per heavy atom. The number of carbonyl (C=O) groups is 1. The summed E-state index contributed by atoms with van der Waals surface area (Å²) in [5.74, 6) is 0.753. The Kier molecular flexibility index (Phi) is 6.26. The van der Waals surface area contributed by atoms with Gasteiger partial charge in [0.2, 0.25) is 0 Å². The van der Waals surface area contributed by atoms with E-state index >= 15 is 0 Å². The van der Waals surface area contributed by atoms with Crippen molar-refractivity contribution < 1.29 is 9.53 Å². The zero-order chi connectivity index (χ0) is 17.9. The Bertz CT molecular complexity index is 443. The molecule has 3 fully saturated rings. The molecule has 2 aliphatic carbocycles. The first-order valence-corrected chi connectivity index (χ1v) is 10.4. The molecule has 5 nitrogen and oxygen atoms in total. The van der Waals surface area contributed by atoms with Crippen molar-refractivity contribution in [3.63, 3.8) is 0 Å². The van der Waals surface area contributed by atoms with Crippen LogP contribution in [-0.2, 0) is 4.74 Å². The van der Waals surface area contributed by atoms with Crippen LogP contribution >= 0.6 is 0 Å². The number of amides is 1. The highest BCUT2D eigenvalue weighted by atomic mass is 16.6. The third-order valence-corrected chi connectivity index (χ3v) is 6.08. The average molecular weight is 352 g/mol. The molecule has 2 saturated carbocycles. The standard InChI is InChI=1S/C20H37N3O2/c1-20(2,3)25-19(24)23-18-12-7-11-17(18)22-16-10-6-8-14(16)15-9-4-5-13-21-15/h14-18,21-22H,4-13H2,1-3H3,(H,23,24). The lowest BCUT2D eigenvalue weighted by molar-refractivity contribution is 0.0495. The maximum Gasteiger partial charge on any atom is 0.407 e. The second kappa shape index (κ2) is 8.26. The van der Waals surface area contributed by atoms with Crippen LogP contribution < -0.4 is 16.0 Å². The summed E-state index contributed by atoms with van der Waals surface area (Å²) in [7, 11) is 0. The lowest BCUT2D eigenvalue weighted by atomic mass is 9.88. The Morgan fingerprint density at radius 2 is 1.64 bits per heavy atom. The van der Waals surface area contributed by atoms with Crippen molar-refractivity contribution in [2.75, 3.05) is 6.54 Å². The van der Waals surface area contributed by atoms with Gasteiger partial charge in [0.15, 0.2) is 0 Å². The summed E-state index contributed by atoms with van der Waals surface area (Å²) in [4.78, 5) is 12.1. The molecule has 1 aliphatic heterocycles. The van der Waals surface area contributed by atoms with Crippen LogP contribution in [0.15, 0.2) is 0 Å². The quantitative estimate of drug-likeness (QED) is 0.727. The summed E-state index contributed by atoms with van der Waals surface area (Å²) in [5, 5.41) is 10.8. The van der Waals surface area contributed by atoms with E-state index in [1.54, 1.807) is 0 Å². The van der Waals surface area contributed by atoms with Crippen molar-refractivity contribution in [2.45, 2.75) is 108 Å². The number of rotatable bonds is 4. The van der Waals surface area contributed by atoms with E-state index in [2.05, 4.69) is 16.0 Å². The predicted molar refractivity (Wildman–Crippen MR) is 101 cm³/mol. The van der Waals surface area contributed by atoms with Gasteiger partial charge in [-0.1, -0.05) is 12.8 Å². The van der Waals surface area contributed by atoms with Gasteiger partial charge in [-0.15, -0.1) is 0 Å². The van der Waals surface area contributed by atoms with E-state index in [4.69, 9.17) is 4.74 Å². The van der Waals surface area contributed by atoms with Gasteiger partial charge < -0.3 is 20.7 Å². The van der Waals surface area contributed by atoms with Crippen molar-refractivity contribution >= 4 is 6.09 Å². The maximum absolute atomic E-state index is 12.1. The van der Waals surface area contributed by atoms with Gasteiger partial charge in [0.1, 0.15) is 5.60 Å². The lowest BCUT2D eigenvalue weighted by Crippen LogP contribution is -2.54. The summed E-state index contributed by atoms with van der Waals surface area (Å²) < 4.78 is 5.45. The normalized spacial score (nSPS) is 36.4. The van der Waals surface area contributed by atoms with Crippen molar-refractivity contribution in [1.29, 1.82) is 0 Å². The minimum absolute atomic E-state index is 0.204. The molecule has 0 aromatic heterocycles. The maximum atomic E-state index is 12.1. The monoisotopic (exact) mass is 351 g/mol. The van der Waals surface area contributed by atoms with Crippen molar-refractivity contribution in [1.82, 2.24) is 16.0 Å². The number of piperidine rings is 1. The second-order valence-corrected chi connectivity index (χ2v) is 9.21. The average Bonchev–Trinajstić information content (AvgIpc) is 3.17. The highest BCUT2D eigenvalue weighted by Crippen LogP contribution is 2.33. The fraction of sp³-hybridized carbons (Fsp3) is 0.950. The first-order chi connectivity index (χ1) is 11.9.